The van der Waals surface area contributed by atoms with Crippen LogP contribution in [0.5, 0.6) is 5.88 Å². The van der Waals surface area contributed by atoms with Gasteiger partial charge in [0.15, 0.2) is 11.5 Å². The van der Waals surface area contributed by atoms with E-state index in [0.717, 1.165) is 29.0 Å². The van der Waals surface area contributed by atoms with Crippen LogP contribution in [-0.2, 0) is 0 Å². The van der Waals surface area contributed by atoms with Gasteiger partial charge in [0.2, 0.25) is 17.3 Å². The number of halogens is 1. The maximum atomic E-state index is 6.36. The summed E-state index contributed by atoms with van der Waals surface area (Å²) in [6.45, 7) is 2.19. The Kier molecular flexibility index (Phi) is 6.51. The summed E-state index contributed by atoms with van der Waals surface area (Å²) in [4.78, 5) is 4.69. The molecule has 0 radical (unpaired) electrons. The van der Waals surface area contributed by atoms with Crippen LogP contribution in [0.4, 0.5) is 5.69 Å². The Labute approximate surface area is 201 Å². The Balaban J connectivity index is 1.48. The van der Waals surface area contributed by atoms with Crippen molar-refractivity contribution < 1.29 is 9.15 Å². The van der Waals surface area contributed by atoms with E-state index in [1.807, 2.05) is 60.7 Å². The number of nitrogens with one attached hydrogen (secondary N) is 1. The molecular weight excluding hydrogens is 456 g/mol. The summed E-state index contributed by atoms with van der Waals surface area (Å²) in [6.07, 6.45) is 2.90. The standard InChI is InChI=1S/C25H23ClN4O2S/c1-2-3-8-15-33-25-28-24-22(29-30-25)17-10-5-7-12-19(17)27-23(32-24)21-14-13-20(31-21)16-9-4-6-11-18(16)26/h4-7,9-14,23,27H,2-3,8,15H2,1H3. The number of thioether (sulfide) groups is 1. The normalized spacial score (nSPS) is 14.5. The number of para-hydroxylation sites is 1. The SMILES string of the molecule is CCCCCSc1nnc2c(n1)OC(c1ccc(-c3ccccc3Cl)o1)Nc1ccccc1-2. The fourth-order valence-corrected chi connectivity index (χ4v) is 4.66. The van der Waals surface area contributed by atoms with Crippen LogP contribution in [0.25, 0.3) is 22.6 Å². The minimum absolute atomic E-state index is 0.432. The molecule has 0 aliphatic carbocycles. The smallest absolute Gasteiger partial charge is 0.247 e. The molecule has 1 unspecified atom stereocenters. The van der Waals surface area contributed by atoms with Gasteiger partial charge in [0.25, 0.3) is 0 Å². The molecule has 3 heterocycles. The number of rotatable bonds is 7. The molecule has 1 aliphatic heterocycles. The molecule has 2 aromatic carbocycles. The summed E-state index contributed by atoms with van der Waals surface area (Å²) in [5, 5.41) is 13.5. The summed E-state index contributed by atoms with van der Waals surface area (Å²) in [6, 6.07) is 19.3. The van der Waals surface area contributed by atoms with Crippen LogP contribution in [0.3, 0.4) is 0 Å². The lowest BCUT2D eigenvalue weighted by atomic mass is 10.1. The van der Waals surface area contributed by atoms with Crippen molar-refractivity contribution in [2.24, 2.45) is 0 Å². The van der Waals surface area contributed by atoms with Gasteiger partial charge in [-0.2, -0.15) is 4.98 Å². The van der Waals surface area contributed by atoms with E-state index < -0.39 is 6.23 Å². The number of fused-ring (bicyclic) bond motifs is 3. The maximum absolute atomic E-state index is 6.36. The molecule has 1 atom stereocenters. The van der Waals surface area contributed by atoms with Crippen LogP contribution in [-0.4, -0.2) is 20.9 Å². The van der Waals surface area contributed by atoms with Crippen LogP contribution in [0.1, 0.15) is 38.2 Å². The topological polar surface area (TPSA) is 73.1 Å². The number of nitrogens with zero attached hydrogens (tertiary/aromatic N) is 3. The first kappa shape index (κ1) is 21.8. The van der Waals surface area contributed by atoms with Gasteiger partial charge < -0.3 is 14.5 Å². The summed E-state index contributed by atoms with van der Waals surface area (Å²) >= 11 is 7.96. The van der Waals surface area contributed by atoms with E-state index in [1.165, 1.54) is 12.8 Å². The highest BCUT2D eigenvalue weighted by Crippen LogP contribution is 2.40. The van der Waals surface area contributed by atoms with Gasteiger partial charge in [-0.1, -0.05) is 73.5 Å². The molecule has 168 valence electrons. The van der Waals surface area contributed by atoms with E-state index in [4.69, 9.17) is 20.8 Å². The molecule has 6 nitrogen and oxygen atoms in total. The first-order valence-corrected chi connectivity index (χ1v) is 12.3. The fraction of sp³-hybridized carbons (Fsp3) is 0.240. The van der Waals surface area contributed by atoms with Gasteiger partial charge in [-0.05, 0) is 36.8 Å². The third-order valence-corrected chi connectivity index (χ3v) is 6.59. The van der Waals surface area contributed by atoms with E-state index in [0.29, 0.717) is 33.3 Å². The third kappa shape index (κ3) is 4.70. The molecule has 0 saturated carbocycles. The number of hydrogen-bond acceptors (Lipinski definition) is 7. The van der Waals surface area contributed by atoms with Crippen molar-refractivity contribution in [2.45, 2.75) is 37.6 Å². The van der Waals surface area contributed by atoms with Gasteiger partial charge in [-0.3, -0.25) is 0 Å². The van der Waals surface area contributed by atoms with E-state index >= 15 is 0 Å². The highest BCUT2D eigenvalue weighted by Gasteiger charge is 2.28. The van der Waals surface area contributed by atoms with E-state index in [9.17, 15) is 0 Å². The number of anilines is 1. The second kappa shape index (κ2) is 9.85. The molecule has 2 aromatic heterocycles. The van der Waals surface area contributed by atoms with E-state index in [1.54, 1.807) is 11.8 Å². The Morgan fingerprint density at radius 2 is 1.79 bits per heavy atom. The van der Waals surface area contributed by atoms with Crippen molar-refractivity contribution in [3.8, 4) is 28.5 Å². The first-order valence-electron chi connectivity index (χ1n) is 11.0. The lowest BCUT2D eigenvalue weighted by molar-refractivity contribution is 0.196. The summed E-state index contributed by atoms with van der Waals surface area (Å²) < 4.78 is 12.5. The highest BCUT2D eigenvalue weighted by atomic mass is 35.5. The zero-order valence-corrected chi connectivity index (χ0v) is 19.7. The predicted molar refractivity (Wildman–Crippen MR) is 132 cm³/mol. The molecule has 0 saturated heterocycles. The molecule has 8 heteroatoms. The van der Waals surface area contributed by atoms with Crippen molar-refractivity contribution in [3.05, 3.63) is 71.4 Å². The second-order valence-corrected chi connectivity index (χ2v) is 9.14. The average Bonchev–Trinajstić information content (AvgIpc) is 3.26. The third-order valence-electron chi connectivity index (χ3n) is 5.34. The largest absolute Gasteiger partial charge is 0.455 e. The average molecular weight is 479 g/mol. The second-order valence-electron chi connectivity index (χ2n) is 7.67. The van der Waals surface area contributed by atoms with E-state index in [2.05, 4.69) is 27.4 Å². The van der Waals surface area contributed by atoms with Gasteiger partial charge >= 0.3 is 0 Å². The summed E-state index contributed by atoms with van der Waals surface area (Å²) in [7, 11) is 0. The molecular formula is C25H23ClN4O2S. The minimum atomic E-state index is -0.585. The number of ether oxygens (including phenoxy) is 1. The quantitative estimate of drug-likeness (QED) is 0.221. The molecule has 0 amide bonds. The van der Waals surface area contributed by atoms with Crippen LogP contribution in [0.15, 0.2) is 70.2 Å². The predicted octanol–water partition coefficient (Wildman–Crippen LogP) is 7.24. The lowest BCUT2D eigenvalue weighted by Gasteiger charge is -2.16. The van der Waals surface area contributed by atoms with Crippen LogP contribution >= 0.6 is 23.4 Å². The Morgan fingerprint density at radius 3 is 2.64 bits per heavy atom. The zero-order chi connectivity index (χ0) is 22.6. The number of hydrogen-bond donors (Lipinski definition) is 1. The Bertz CT molecular complexity index is 1260. The zero-order valence-electron chi connectivity index (χ0n) is 18.1. The Hall–Kier alpha value is -3.03. The highest BCUT2D eigenvalue weighted by molar-refractivity contribution is 7.99. The molecule has 1 aliphatic rings. The summed E-state index contributed by atoms with van der Waals surface area (Å²) in [5.74, 6) is 2.67. The van der Waals surface area contributed by atoms with Crippen LogP contribution in [0.2, 0.25) is 5.02 Å². The molecule has 0 fully saturated rings. The number of furan rings is 1. The van der Waals surface area contributed by atoms with Crippen molar-refractivity contribution >= 4 is 29.1 Å². The molecule has 33 heavy (non-hydrogen) atoms. The van der Waals surface area contributed by atoms with E-state index in [-0.39, 0.29) is 0 Å². The number of benzene rings is 2. The summed E-state index contributed by atoms with van der Waals surface area (Å²) in [5.41, 5.74) is 3.19. The molecule has 5 rings (SSSR count). The molecule has 4 aromatic rings. The first-order chi connectivity index (χ1) is 16.2. The molecule has 0 bridgehead atoms. The Morgan fingerprint density at radius 1 is 0.970 bits per heavy atom. The fourth-order valence-electron chi connectivity index (χ4n) is 3.65. The minimum Gasteiger partial charge on any atom is -0.455 e. The molecule has 1 N–H and O–H groups in total. The van der Waals surface area contributed by atoms with Gasteiger partial charge in [-0.25, -0.2) is 0 Å². The van der Waals surface area contributed by atoms with Crippen LogP contribution in [0, 0.1) is 0 Å². The van der Waals surface area contributed by atoms with Crippen LogP contribution < -0.4 is 10.1 Å². The van der Waals surface area contributed by atoms with Gasteiger partial charge in [-0.15, -0.1) is 10.2 Å². The monoisotopic (exact) mass is 478 g/mol. The molecule has 0 spiro atoms. The lowest BCUT2D eigenvalue weighted by Crippen LogP contribution is -2.16. The van der Waals surface area contributed by atoms with Gasteiger partial charge in [0.05, 0.1) is 5.02 Å². The van der Waals surface area contributed by atoms with Crippen molar-refractivity contribution in [1.29, 1.82) is 0 Å². The number of aromatic nitrogens is 3. The van der Waals surface area contributed by atoms with Gasteiger partial charge in [0.1, 0.15) is 5.76 Å². The van der Waals surface area contributed by atoms with Crippen molar-refractivity contribution in [2.75, 3.05) is 11.1 Å². The van der Waals surface area contributed by atoms with Crippen molar-refractivity contribution in [3.63, 3.8) is 0 Å². The van der Waals surface area contributed by atoms with Crippen molar-refractivity contribution in [1.82, 2.24) is 15.2 Å². The maximum Gasteiger partial charge on any atom is 0.247 e. The van der Waals surface area contributed by atoms with Gasteiger partial charge in [0, 0.05) is 22.6 Å². The number of unbranched alkanes of at least 4 members (excludes halogenated alkanes) is 2.